The highest BCUT2D eigenvalue weighted by molar-refractivity contribution is 5.52. The van der Waals surface area contributed by atoms with E-state index in [2.05, 4.69) is 0 Å². The van der Waals surface area contributed by atoms with Crippen LogP contribution in [0.2, 0.25) is 0 Å². The van der Waals surface area contributed by atoms with E-state index < -0.39 is 17.2 Å². The van der Waals surface area contributed by atoms with E-state index >= 15 is 0 Å². The zero-order valence-electron chi connectivity index (χ0n) is 11.0. The summed E-state index contributed by atoms with van der Waals surface area (Å²) < 4.78 is 38.9. The van der Waals surface area contributed by atoms with Crippen LogP contribution in [0.15, 0.2) is 18.2 Å². The molecule has 1 rings (SSSR count). The summed E-state index contributed by atoms with van der Waals surface area (Å²) in [7, 11) is 3.52. The number of benzene rings is 1. The van der Waals surface area contributed by atoms with Gasteiger partial charge in [0.15, 0.2) is 0 Å². The minimum Gasteiger partial charge on any atom is -0.395 e. The van der Waals surface area contributed by atoms with Crippen LogP contribution >= 0.6 is 0 Å². The molecule has 1 aromatic rings. The van der Waals surface area contributed by atoms with Gasteiger partial charge in [0, 0.05) is 25.2 Å². The van der Waals surface area contributed by atoms with E-state index in [-0.39, 0.29) is 12.2 Å². The Bertz CT molecular complexity index is 425. The van der Waals surface area contributed by atoms with Crippen molar-refractivity contribution in [2.24, 2.45) is 0 Å². The Hall–Kier alpha value is -1.23. The van der Waals surface area contributed by atoms with Gasteiger partial charge in [0.05, 0.1) is 12.2 Å². The van der Waals surface area contributed by atoms with E-state index in [1.807, 2.05) is 0 Å². The van der Waals surface area contributed by atoms with Crippen molar-refractivity contribution in [3.8, 4) is 0 Å². The van der Waals surface area contributed by atoms with Crippen molar-refractivity contribution in [3.63, 3.8) is 0 Å². The summed E-state index contributed by atoms with van der Waals surface area (Å²) in [5.41, 5.74) is -0.827. The molecule has 0 heterocycles. The molecule has 0 radical (unpaired) electrons. The zero-order chi connectivity index (χ0) is 14.1. The smallest absolute Gasteiger partial charge is 0.395 e. The van der Waals surface area contributed by atoms with E-state index in [4.69, 9.17) is 0 Å². The molecule has 0 amide bonds. The number of rotatable bonds is 3. The fraction of sp³-hybridized carbons (Fsp3) is 0.538. The molecule has 0 saturated heterocycles. The molecule has 18 heavy (non-hydrogen) atoms. The maximum absolute atomic E-state index is 13.0. The van der Waals surface area contributed by atoms with Crippen molar-refractivity contribution in [2.75, 3.05) is 25.6 Å². The van der Waals surface area contributed by atoms with Crippen LogP contribution in [0.25, 0.3) is 0 Å². The Morgan fingerprint density at radius 3 is 2.06 bits per heavy atom. The van der Waals surface area contributed by atoms with E-state index in [1.54, 1.807) is 32.8 Å². The normalized spacial score (nSPS) is 12.7. The predicted octanol–water partition coefficient (Wildman–Crippen LogP) is 3.04. The van der Waals surface area contributed by atoms with Gasteiger partial charge in [0.25, 0.3) is 0 Å². The summed E-state index contributed by atoms with van der Waals surface area (Å²) >= 11 is 0. The van der Waals surface area contributed by atoms with Crippen LogP contribution in [-0.2, 0) is 11.6 Å². The van der Waals surface area contributed by atoms with Gasteiger partial charge in [-0.05, 0) is 23.8 Å². The number of anilines is 1. The second-order valence-electron chi connectivity index (χ2n) is 5.16. The molecule has 0 fully saturated rings. The molecule has 0 aliphatic heterocycles. The number of nitrogens with zero attached hydrogens (tertiary/aromatic N) is 1. The first-order valence-corrected chi connectivity index (χ1v) is 5.59. The molecular formula is C13H18F3NO. The highest BCUT2D eigenvalue weighted by atomic mass is 19.4. The molecule has 5 heteroatoms. The molecule has 0 aliphatic rings. The second-order valence-corrected chi connectivity index (χ2v) is 5.16. The topological polar surface area (TPSA) is 23.5 Å². The molecule has 0 bridgehead atoms. The van der Waals surface area contributed by atoms with E-state index in [0.29, 0.717) is 5.69 Å². The van der Waals surface area contributed by atoms with Crippen LogP contribution in [0.5, 0.6) is 0 Å². The fourth-order valence-corrected chi connectivity index (χ4v) is 1.70. The average Bonchev–Trinajstić information content (AvgIpc) is 2.27. The van der Waals surface area contributed by atoms with Crippen molar-refractivity contribution in [1.82, 2.24) is 0 Å². The summed E-state index contributed by atoms with van der Waals surface area (Å²) in [6.07, 6.45) is -4.41. The average molecular weight is 261 g/mol. The molecule has 0 spiro atoms. The SMILES string of the molecule is CN(C)c1ccc(C(F)(F)F)c(C(C)(C)CO)c1. The van der Waals surface area contributed by atoms with Crippen LogP contribution in [0.3, 0.4) is 0 Å². The van der Waals surface area contributed by atoms with Crippen molar-refractivity contribution >= 4 is 5.69 Å². The molecule has 2 nitrogen and oxygen atoms in total. The van der Waals surface area contributed by atoms with Gasteiger partial charge in [-0.3, -0.25) is 0 Å². The van der Waals surface area contributed by atoms with Crippen LogP contribution in [0.4, 0.5) is 18.9 Å². The fourth-order valence-electron chi connectivity index (χ4n) is 1.70. The maximum atomic E-state index is 13.0. The monoisotopic (exact) mass is 261 g/mol. The largest absolute Gasteiger partial charge is 0.416 e. The summed E-state index contributed by atoms with van der Waals surface area (Å²) in [5, 5.41) is 9.29. The van der Waals surface area contributed by atoms with Crippen molar-refractivity contribution in [1.29, 1.82) is 0 Å². The van der Waals surface area contributed by atoms with Gasteiger partial charge in [-0.2, -0.15) is 13.2 Å². The molecule has 1 aromatic carbocycles. The molecular weight excluding hydrogens is 243 g/mol. The van der Waals surface area contributed by atoms with E-state index in [1.165, 1.54) is 12.1 Å². The number of alkyl halides is 3. The predicted molar refractivity (Wildman–Crippen MR) is 65.9 cm³/mol. The van der Waals surface area contributed by atoms with Gasteiger partial charge in [-0.1, -0.05) is 13.8 Å². The molecule has 0 aromatic heterocycles. The van der Waals surface area contributed by atoms with Gasteiger partial charge >= 0.3 is 6.18 Å². The lowest BCUT2D eigenvalue weighted by molar-refractivity contribution is -0.138. The Morgan fingerprint density at radius 1 is 1.11 bits per heavy atom. The maximum Gasteiger partial charge on any atom is 0.416 e. The van der Waals surface area contributed by atoms with Gasteiger partial charge in [0.1, 0.15) is 0 Å². The summed E-state index contributed by atoms with van der Waals surface area (Å²) in [4.78, 5) is 1.73. The summed E-state index contributed by atoms with van der Waals surface area (Å²) in [6, 6.07) is 3.99. The number of halogens is 3. The zero-order valence-corrected chi connectivity index (χ0v) is 11.0. The molecule has 0 atom stereocenters. The third-order valence-corrected chi connectivity index (χ3v) is 2.95. The lowest BCUT2D eigenvalue weighted by Crippen LogP contribution is -2.27. The van der Waals surface area contributed by atoms with Gasteiger partial charge < -0.3 is 10.0 Å². The highest BCUT2D eigenvalue weighted by Crippen LogP contribution is 2.39. The third kappa shape index (κ3) is 2.96. The Kier molecular flexibility index (Phi) is 3.96. The van der Waals surface area contributed by atoms with Gasteiger partial charge in [-0.25, -0.2) is 0 Å². The number of aliphatic hydroxyl groups excluding tert-OH is 1. The standard InChI is InChI=1S/C13H18F3NO/c1-12(2,8-18)11-7-9(17(3)4)5-6-10(11)13(14,15)16/h5-7,18H,8H2,1-4H3. The quantitative estimate of drug-likeness (QED) is 0.904. The van der Waals surface area contributed by atoms with E-state index in [9.17, 15) is 18.3 Å². The lowest BCUT2D eigenvalue weighted by Gasteiger charge is -2.28. The van der Waals surface area contributed by atoms with Crippen molar-refractivity contribution in [3.05, 3.63) is 29.3 Å². The lowest BCUT2D eigenvalue weighted by atomic mass is 9.82. The number of aliphatic hydroxyl groups is 1. The van der Waals surface area contributed by atoms with Crippen LogP contribution < -0.4 is 4.90 Å². The number of hydrogen-bond donors (Lipinski definition) is 1. The highest BCUT2D eigenvalue weighted by Gasteiger charge is 2.37. The minimum atomic E-state index is -4.41. The first-order chi connectivity index (χ1) is 8.09. The third-order valence-electron chi connectivity index (χ3n) is 2.95. The number of hydrogen-bond acceptors (Lipinski definition) is 2. The van der Waals surface area contributed by atoms with Crippen LogP contribution in [0.1, 0.15) is 25.0 Å². The van der Waals surface area contributed by atoms with Crippen molar-refractivity contribution in [2.45, 2.75) is 25.4 Å². The molecule has 102 valence electrons. The first kappa shape index (κ1) is 14.8. The molecule has 0 saturated carbocycles. The van der Waals surface area contributed by atoms with Gasteiger partial charge in [-0.15, -0.1) is 0 Å². The van der Waals surface area contributed by atoms with Crippen LogP contribution in [0, 0.1) is 0 Å². The van der Waals surface area contributed by atoms with Gasteiger partial charge in [0.2, 0.25) is 0 Å². The molecule has 0 aliphatic carbocycles. The second kappa shape index (κ2) is 4.80. The minimum absolute atomic E-state index is 0.115. The summed E-state index contributed by atoms with van der Waals surface area (Å²) in [5.74, 6) is 0. The Balaban J connectivity index is 3.46. The Morgan fingerprint density at radius 2 is 1.67 bits per heavy atom. The van der Waals surface area contributed by atoms with E-state index in [0.717, 1.165) is 6.07 Å². The van der Waals surface area contributed by atoms with Crippen LogP contribution in [-0.4, -0.2) is 25.8 Å². The van der Waals surface area contributed by atoms with Crippen molar-refractivity contribution < 1.29 is 18.3 Å². The molecule has 1 N–H and O–H groups in total. The summed E-state index contributed by atoms with van der Waals surface area (Å²) in [6.45, 7) is 2.85. The first-order valence-electron chi connectivity index (χ1n) is 5.59. The Labute approximate surface area is 105 Å². The molecule has 0 unspecified atom stereocenters.